The van der Waals surface area contributed by atoms with Gasteiger partial charge in [0.1, 0.15) is 5.69 Å². The summed E-state index contributed by atoms with van der Waals surface area (Å²) in [5.41, 5.74) is 1.77. The van der Waals surface area contributed by atoms with Crippen LogP contribution in [0.15, 0.2) is 48.5 Å². The van der Waals surface area contributed by atoms with Crippen molar-refractivity contribution in [1.29, 1.82) is 0 Å². The molecule has 2 fully saturated rings. The zero-order chi connectivity index (χ0) is 21.6. The minimum absolute atomic E-state index is 0.0383. The maximum absolute atomic E-state index is 12.7. The van der Waals surface area contributed by atoms with Crippen LogP contribution in [0.4, 0.5) is 11.4 Å². The molecule has 0 bridgehead atoms. The van der Waals surface area contributed by atoms with E-state index in [0.717, 1.165) is 18.4 Å². The fourth-order valence-corrected chi connectivity index (χ4v) is 4.22. The van der Waals surface area contributed by atoms with E-state index < -0.39 is 4.92 Å². The van der Waals surface area contributed by atoms with Gasteiger partial charge < -0.3 is 19.7 Å². The molecule has 0 saturated carbocycles. The second-order valence-corrected chi connectivity index (χ2v) is 7.88. The number of ether oxygens (including phenoxy) is 2. The third-order valence-corrected chi connectivity index (χ3v) is 5.87. The van der Waals surface area contributed by atoms with Crippen molar-refractivity contribution in [1.82, 2.24) is 4.90 Å². The molecular formula is C23H27N3O5. The fourth-order valence-electron chi connectivity index (χ4n) is 4.22. The minimum atomic E-state index is -0.440. The average Bonchev–Trinajstić information content (AvgIpc) is 2.83. The van der Waals surface area contributed by atoms with E-state index in [-0.39, 0.29) is 23.6 Å². The smallest absolute Gasteiger partial charge is 0.293 e. The molecule has 2 unspecified atom stereocenters. The van der Waals surface area contributed by atoms with Gasteiger partial charge in [-0.3, -0.25) is 14.9 Å². The second-order valence-electron chi connectivity index (χ2n) is 7.88. The summed E-state index contributed by atoms with van der Waals surface area (Å²) in [4.78, 5) is 25.6. The highest BCUT2D eigenvalue weighted by atomic mass is 16.6. The van der Waals surface area contributed by atoms with Crippen LogP contribution in [0, 0.1) is 16.0 Å². The fraction of sp³-hybridized carbons (Fsp3) is 0.435. The highest BCUT2D eigenvalue weighted by Gasteiger charge is 2.28. The molecule has 164 valence electrons. The summed E-state index contributed by atoms with van der Waals surface area (Å²) < 4.78 is 11.3. The van der Waals surface area contributed by atoms with Crippen LogP contribution < -0.4 is 5.32 Å². The number of carbonyl (C=O) groups is 1. The zero-order valence-electron chi connectivity index (χ0n) is 17.4. The van der Waals surface area contributed by atoms with Gasteiger partial charge in [-0.15, -0.1) is 0 Å². The standard InChI is InChI=1S/C23H27N3O5/c27-23(25-10-13-30-14-11-25)18-8-9-20(21(15-18)26(28)29)24-16-19-7-4-12-31-22(19)17-5-2-1-3-6-17/h1-3,5-6,8-9,15,19,22,24H,4,7,10-14,16H2. The maximum Gasteiger partial charge on any atom is 0.293 e. The lowest BCUT2D eigenvalue weighted by molar-refractivity contribution is -0.384. The Morgan fingerprint density at radius 2 is 1.90 bits per heavy atom. The Bertz CT molecular complexity index is 915. The Morgan fingerprint density at radius 3 is 2.65 bits per heavy atom. The third kappa shape index (κ3) is 5.03. The number of nitro benzene ring substituents is 1. The van der Waals surface area contributed by atoms with Gasteiger partial charge in [0, 0.05) is 43.8 Å². The van der Waals surface area contributed by atoms with Crippen LogP contribution in [-0.4, -0.2) is 55.2 Å². The van der Waals surface area contributed by atoms with Gasteiger partial charge in [0.2, 0.25) is 0 Å². The molecule has 0 aromatic heterocycles. The summed E-state index contributed by atoms with van der Waals surface area (Å²) in [6.07, 6.45) is 1.90. The Hall–Kier alpha value is -2.97. The number of anilines is 1. The number of nitrogens with zero attached hydrogens (tertiary/aromatic N) is 2. The molecular weight excluding hydrogens is 398 g/mol. The number of benzene rings is 2. The van der Waals surface area contributed by atoms with Crippen molar-refractivity contribution in [2.75, 3.05) is 44.8 Å². The third-order valence-electron chi connectivity index (χ3n) is 5.87. The Labute approximate surface area is 181 Å². The van der Waals surface area contributed by atoms with Gasteiger partial charge in [-0.05, 0) is 30.5 Å². The molecule has 1 N–H and O–H groups in total. The molecule has 2 aliphatic rings. The summed E-state index contributed by atoms with van der Waals surface area (Å²) in [5.74, 6) is -0.00631. The van der Waals surface area contributed by atoms with Crippen molar-refractivity contribution in [3.8, 4) is 0 Å². The van der Waals surface area contributed by atoms with Crippen molar-refractivity contribution in [2.24, 2.45) is 5.92 Å². The van der Waals surface area contributed by atoms with Gasteiger partial charge in [-0.25, -0.2) is 0 Å². The van der Waals surface area contributed by atoms with Crippen molar-refractivity contribution in [3.63, 3.8) is 0 Å². The number of carbonyl (C=O) groups excluding carboxylic acids is 1. The Morgan fingerprint density at radius 1 is 1.13 bits per heavy atom. The van der Waals surface area contributed by atoms with E-state index in [1.807, 2.05) is 18.2 Å². The Kier molecular flexibility index (Phi) is 6.79. The number of hydrogen-bond acceptors (Lipinski definition) is 6. The second kappa shape index (κ2) is 9.89. The molecule has 0 radical (unpaired) electrons. The van der Waals surface area contributed by atoms with E-state index in [1.165, 1.54) is 6.07 Å². The summed E-state index contributed by atoms with van der Waals surface area (Å²) in [6, 6.07) is 14.7. The lowest BCUT2D eigenvalue weighted by Gasteiger charge is -2.32. The Balaban J connectivity index is 1.48. The average molecular weight is 425 g/mol. The van der Waals surface area contributed by atoms with Crippen LogP contribution in [0.1, 0.15) is 34.9 Å². The number of hydrogen-bond donors (Lipinski definition) is 1. The first-order valence-electron chi connectivity index (χ1n) is 10.7. The molecule has 2 atom stereocenters. The van der Waals surface area contributed by atoms with Crippen LogP contribution >= 0.6 is 0 Å². The quantitative estimate of drug-likeness (QED) is 0.561. The first kappa shape index (κ1) is 21.3. The SMILES string of the molecule is O=C(c1ccc(NCC2CCCOC2c2ccccc2)c([N+](=O)[O-])c1)N1CCOCC1. The predicted octanol–water partition coefficient (Wildman–Crippen LogP) is 3.65. The van der Waals surface area contributed by atoms with E-state index in [1.54, 1.807) is 17.0 Å². The minimum Gasteiger partial charge on any atom is -0.379 e. The number of nitrogens with one attached hydrogen (secondary N) is 1. The van der Waals surface area contributed by atoms with Gasteiger partial charge in [-0.1, -0.05) is 30.3 Å². The molecule has 1 amide bonds. The van der Waals surface area contributed by atoms with Crippen molar-refractivity contribution >= 4 is 17.3 Å². The first-order chi connectivity index (χ1) is 15.1. The van der Waals surface area contributed by atoms with Crippen molar-refractivity contribution in [2.45, 2.75) is 18.9 Å². The van der Waals surface area contributed by atoms with E-state index in [4.69, 9.17) is 9.47 Å². The molecule has 4 rings (SSSR count). The zero-order valence-corrected chi connectivity index (χ0v) is 17.4. The molecule has 2 saturated heterocycles. The van der Waals surface area contributed by atoms with Crippen LogP contribution in [0.25, 0.3) is 0 Å². The van der Waals surface area contributed by atoms with E-state index in [9.17, 15) is 14.9 Å². The molecule has 31 heavy (non-hydrogen) atoms. The number of amides is 1. The molecule has 0 aliphatic carbocycles. The van der Waals surface area contributed by atoms with Crippen LogP contribution in [0.2, 0.25) is 0 Å². The van der Waals surface area contributed by atoms with E-state index >= 15 is 0 Å². The summed E-state index contributed by atoms with van der Waals surface area (Å²) in [5, 5.41) is 14.9. The largest absolute Gasteiger partial charge is 0.379 e. The summed E-state index contributed by atoms with van der Waals surface area (Å²) in [6.45, 7) is 3.23. The van der Waals surface area contributed by atoms with Gasteiger partial charge >= 0.3 is 0 Å². The molecule has 0 spiro atoms. The van der Waals surface area contributed by atoms with Crippen molar-refractivity contribution < 1.29 is 19.2 Å². The van der Waals surface area contributed by atoms with Gasteiger partial charge in [0.05, 0.1) is 24.2 Å². The predicted molar refractivity (Wildman–Crippen MR) is 116 cm³/mol. The molecule has 8 heteroatoms. The van der Waals surface area contributed by atoms with Crippen LogP contribution in [0.3, 0.4) is 0 Å². The van der Waals surface area contributed by atoms with E-state index in [2.05, 4.69) is 17.4 Å². The number of morpholine rings is 1. The lowest BCUT2D eigenvalue weighted by Crippen LogP contribution is -2.40. The molecule has 2 aromatic rings. The highest BCUT2D eigenvalue weighted by Crippen LogP contribution is 2.35. The topological polar surface area (TPSA) is 93.9 Å². The highest BCUT2D eigenvalue weighted by molar-refractivity contribution is 5.95. The number of nitro groups is 1. The molecule has 2 aliphatic heterocycles. The van der Waals surface area contributed by atoms with Crippen LogP contribution in [-0.2, 0) is 9.47 Å². The number of rotatable bonds is 6. The molecule has 2 aromatic carbocycles. The molecule has 2 heterocycles. The monoisotopic (exact) mass is 425 g/mol. The maximum atomic E-state index is 12.7. The van der Waals surface area contributed by atoms with Crippen LogP contribution in [0.5, 0.6) is 0 Å². The summed E-state index contributed by atoms with van der Waals surface area (Å²) >= 11 is 0. The van der Waals surface area contributed by atoms with Gasteiger partial charge in [0.15, 0.2) is 0 Å². The van der Waals surface area contributed by atoms with E-state index in [0.29, 0.717) is 50.7 Å². The van der Waals surface area contributed by atoms with Crippen molar-refractivity contribution in [3.05, 3.63) is 69.8 Å². The normalized spacial score (nSPS) is 21.5. The molecule has 8 nitrogen and oxygen atoms in total. The lowest BCUT2D eigenvalue weighted by atomic mass is 9.89. The van der Waals surface area contributed by atoms with Gasteiger partial charge in [-0.2, -0.15) is 0 Å². The first-order valence-corrected chi connectivity index (χ1v) is 10.7. The van der Waals surface area contributed by atoms with Gasteiger partial charge in [0.25, 0.3) is 11.6 Å². The summed E-state index contributed by atoms with van der Waals surface area (Å²) in [7, 11) is 0.